The number of hydrogen-bond acceptors (Lipinski definition) is 6. The van der Waals surface area contributed by atoms with Crippen LogP contribution in [0.1, 0.15) is 32.1 Å². The lowest BCUT2D eigenvalue weighted by Crippen LogP contribution is -2.53. The standard InChI is InChI=1S/C19H25N3O5/c1-22(15-5-6-17(24)21-18(15)25)19(26)13-3-2-4-16(14(13)11-23)27-8-7-12-9-20-10-12/h4,11-12,15,20H,2-3,5-10H2,1H3,(H,21,24,25). The highest BCUT2D eigenvalue weighted by molar-refractivity contribution is 6.05. The van der Waals surface area contributed by atoms with Gasteiger partial charge in [0.1, 0.15) is 11.8 Å². The first-order valence-electron chi connectivity index (χ1n) is 9.34. The average Bonchev–Trinajstić information content (AvgIpc) is 2.62. The molecule has 2 heterocycles. The summed E-state index contributed by atoms with van der Waals surface area (Å²) in [6.45, 7) is 2.47. The maximum absolute atomic E-state index is 12.9. The number of allylic oxidation sites excluding steroid dienone is 2. The first-order chi connectivity index (χ1) is 13.0. The zero-order chi connectivity index (χ0) is 19.4. The molecule has 1 atom stereocenters. The Kier molecular flexibility index (Phi) is 6.05. The lowest BCUT2D eigenvalue weighted by atomic mass is 9.94. The number of likely N-dealkylation sites (N-methyl/N-ethyl adjacent to an activating group) is 1. The van der Waals surface area contributed by atoms with E-state index < -0.39 is 11.9 Å². The Morgan fingerprint density at radius 3 is 2.74 bits per heavy atom. The molecule has 8 heteroatoms. The molecule has 0 aromatic heterocycles. The minimum atomic E-state index is -0.711. The monoisotopic (exact) mass is 375 g/mol. The van der Waals surface area contributed by atoms with Crippen LogP contribution in [-0.2, 0) is 23.9 Å². The third-order valence-corrected chi connectivity index (χ3v) is 5.34. The number of nitrogens with one attached hydrogen (secondary N) is 2. The fourth-order valence-electron chi connectivity index (χ4n) is 3.52. The molecule has 8 nitrogen and oxygen atoms in total. The van der Waals surface area contributed by atoms with Gasteiger partial charge in [0.2, 0.25) is 11.8 Å². The van der Waals surface area contributed by atoms with Crippen LogP contribution in [-0.4, -0.2) is 61.7 Å². The van der Waals surface area contributed by atoms with E-state index in [-0.39, 0.29) is 30.2 Å². The second-order valence-corrected chi connectivity index (χ2v) is 7.16. The molecule has 3 rings (SSSR count). The van der Waals surface area contributed by atoms with Crippen LogP contribution in [0.15, 0.2) is 23.0 Å². The number of nitrogens with zero attached hydrogens (tertiary/aromatic N) is 1. The molecule has 0 spiro atoms. The number of imide groups is 1. The van der Waals surface area contributed by atoms with E-state index in [9.17, 15) is 19.2 Å². The summed E-state index contributed by atoms with van der Waals surface area (Å²) in [6, 6.07) is -0.711. The van der Waals surface area contributed by atoms with E-state index in [1.807, 2.05) is 6.08 Å². The topological polar surface area (TPSA) is 105 Å². The molecule has 2 aliphatic heterocycles. The van der Waals surface area contributed by atoms with Crippen LogP contribution in [0, 0.1) is 5.92 Å². The van der Waals surface area contributed by atoms with Crippen LogP contribution < -0.4 is 10.6 Å². The Morgan fingerprint density at radius 2 is 2.11 bits per heavy atom. The van der Waals surface area contributed by atoms with Crippen LogP contribution in [0.25, 0.3) is 0 Å². The minimum Gasteiger partial charge on any atom is -0.493 e. The summed E-state index contributed by atoms with van der Waals surface area (Å²) < 4.78 is 5.78. The Bertz CT molecular complexity index is 708. The summed E-state index contributed by atoms with van der Waals surface area (Å²) in [7, 11) is 1.53. The molecular formula is C19H25N3O5. The zero-order valence-electron chi connectivity index (χ0n) is 15.5. The Hall–Kier alpha value is -2.48. The Morgan fingerprint density at radius 1 is 1.33 bits per heavy atom. The number of rotatable bonds is 7. The van der Waals surface area contributed by atoms with E-state index in [0.29, 0.717) is 43.0 Å². The van der Waals surface area contributed by atoms with Crippen molar-refractivity contribution in [3.63, 3.8) is 0 Å². The molecule has 2 N–H and O–H groups in total. The third kappa shape index (κ3) is 4.27. The third-order valence-electron chi connectivity index (χ3n) is 5.34. The number of amides is 3. The van der Waals surface area contributed by atoms with Crippen LogP contribution >= 0.6 is 0 Å². The van der Waals surface area contributed by atoms with Crippen LogP contribution in [0.3, 0.4) is 0 Å². The number of carbonyl (C=O) groups excluding carboxylic acids is 4. The second kappa shape index (κ2) is 8.47. The molecule has 2 saturated heterocycles. The maximum atomic E-state index is 12.9. The quantitative estimate of drug-likeness (QED) is 0.481. The fraction of sp³-hybridized carbons (Fsp3) is 0.579. The molecular weight excluding hydrogens is 350 g/mol. The minimum absolute atomic E-state index is 0.192. The summed E-state index contributed by atoms with van der Waals surface area (Å²) in [5, 5.41) is 5.45. The Balaban J connectivity index is 1.68. The second-order valence-electron chi connectivity index (χ2n) is 7.16. The highest BCUT2D eigenvalue weighted by atomic mass is 16.5. The number of ether oxygens (including phenoxy) is 1. The van der Waals surface area contributed by atoms with Gasteiger partial charge in [-0.3, -0.25) is 24.5 Å². The fourth-order valence-corrected chi connectivity index (χ4v) is 3.52. The van der Waals surface area contributed by atoms with Gasteiger partial charge in [0.25, 0.3) is 5.91 Å². The van der Waals surface area contributed by atoms with Gasteiger partial charge in [-0.2, -0.15) is 0 Å². The zero-order valence-corrected chi connectivity index (χ0v) is 15.5. The summed E-state index contributed by atoms with van der Waals surface area (Å²) >= 11 is 0. The summed E-state index contributed by atoms with van der Waals surface area (Å²) in [5.74, 6) is -0.139. The molecule has 0 saturated carbocycles. The summed E-state index contributed by atoms with van der Waals surface area (Å²) in [5.41, 5.74) is 0.622. The highest BCUT2D eigenvalue weighted by Gasteiger charge is 2.34. The van der Waals surface area contributed by atoms with Crippen molar-refractivity contribution in [3.8, 4) is 0 Å². The summed E-state index contributed by atoms with van der Waals surface area (Å²) in [6.07, 6.45) is 4.89. The van der Waals surface area contributed by atoms with Gasteiger partial charge in [0.05, 0.1) is 12.2 Å². The van der Waals surface area contributed by atoms with E-state index >= 15 is 0 Å². The predicted octanol–water partition coefficient (Wildman–Crippen LogP) is 0.0493. The van der Waals surface area contributed by atoms with Gasteiger partial charge < -0.3 is 15.0 Å². The molecule has 0 radical (unpaired) electrons. The lowest BCUT2D eigenvalue weighted by Gasteiger charge is -2.31. The van der Waals surface area contributed by atoms with E-state index in [2.05, 4.69) is 10.6 Å². The molecule has 1 unspecified atom stereocenters. The molecule has 0 aromatic carbocycles. The SMILES string of the molecule is CN(C(=O)C1=C(C=O)C(OCCC2CNC2)=CCC1)C1CCC(=O)NC1=O. The normalized spacial score (nSPS) is 23.3. The molecule has 0 aromatic rings. The number of carbonyl (C=O) groups is 4. The smallest absolute Gasteiger partial charge is 0.251 e. The summed E-state index contributed by atoms with van der Waals surface area (Å²) in [4.78, 5) is 49.3. The molecule has 0 bridgehead atoms. The molecule has 3 aliphatic rings. The van der Waals surface area contributed by atoms with Crippen molar-refractivity contribution in [2.75, 3.05) is 26.7 Å². The van der Waals surface area contributed by atoms with Gasteiger partial charge >= 0.3 is 0 Å². The van der Waals surface area contributed by atoms with E-state index in [4.69, 9.17) is 4.74 Å². The van der Waals surface area contributed by atoms with Gasteiger partial charge in [-0.25, -0.2) is 0 Å². The predicted molar refractivity (Wildman–Crippen MR) is 96.3 cm³/mol. The first kappa shape index (κ1) is 19.3. The average molecular weight is 375 g/mol. The largest absolute Gasteiger partial charge is 0.493 e. The Labute approximate surface area is 158 Å². The lowest BCUT2D eigenvalue weighted by molar-refractivity contribution is -0.142. The van der Waals surface area contributed by atoms with E-state index in [1.165, 1.54) is 11.9 Å². The molecule has 2 fully saturated rings. The first-order valence-corrected chi connectivity index (χ1v) is 9.34. The van der Waals surface area contributed by atoms with Crippen LogP contribution in [0.2, 0.25) is 0 Å². The van der Waals surface area contributed by atoms with Gasteiger partial charge in [0.15, 0.2) is 6.29 Å². The molecule has 27 heavy (non-hydrogen) atoms. The van der Waals surface area contributed by atoms with Crippen LogP contribution in [0.5, 0.6) is 0 Å². The van der Waals surface area contributed by atoms with Gasteiger partial charge in [-0.05, 0) is 50.8 Å². The number of hydrogen-bond donors (Lipinski definition) is 2. The maximum Gasteiger partial charge on any atom is 0.251 e. The van der Waals surface area contributed by atoms with Crippen LogP contribution in [0.4, 0.5) is 0 Å². The van der Waals surface area contributed by atoms with Crippen molar-refractivity contribution >= 4 is 24.0 Å². The van der Waals surface area contributed by atoms with Crippen molar-refractivity contribution in [2.24, 2.45) is 5.92 Å². The highest BCUT2D eigenvalue weighted by Crippen LogP contribution is 2.28. The molecule has 1 aliphatic carbocycles. The number of aldehydes is 1. The van der Waals surface area contributed by atoms with Crippen molar-refractivity contribution in [1.82, 2.24) is 15.5 Å². The van der Waals surface area contributed by atoms with Gasteiger partial charge in [-0.15, -0.1) is 0 Å². The van der Waals surface area contributed by atoms with Gasteiger partial charge in [-0.1, -0.05) is 0 Å². The van der Waals surface area contributed by atoms with Crippen molar-refractivity contribution in [3.05, 3.63) is 23.0 Å². The number of piperidine rings is 1. The molecule has 146 valence electrons. The molecule has 3 amide bonds. The van der Waals surface area contributed by atoms with E-state index in [1.54, 1.807) is 0 Å². The van der Waals surface area contributed by atoms with Crippen molar-refractivity contribution < 1.29 is 23.9 Å². The van der Waals surface area contributed by atoms with Crippen molar-refractivity contribution in [1.29, 1.82) is 0 Å². The van der Waals surface area contributed by atoms with Gasteiger partial charge in [0, 0.05) is 19.0 Å². The van der Waals surface area contributed by atoms with Crippen molar-refractivity contribution in [2.45, 2.75) is 38.1 Å². The van der Waals surface area contributed by atoms with E-state index in [0.717, 1.165) is 19.5 Å².